The van der Waals surface area contributed by atoms with Crippen molar-refractivity contribution in [1.29, 1.82) is 0 Å². The van der Waals surface area contributed by atoms with E-state index < -0.39 is 0 Å². The van der Waals surface area contributed by atoms with E-state index in [4.69, 9.17) is 0 Å². The number of carbonyl (C=O) groups excluding carboxylic acids is 1. The van der Waals surface area contributed by atoms with Gasteiger partial charge >= 0.3 is 0 Å². The number of aryl methyl sites for hydroxylation is 3. The highest BCUT2D eigenvalue weighted by atomic mass is 16.3. The Bertz CT molecular complexity index is 1020. The molecule has 0 aliphatic carbocycles. The van der Waals surface area contributed by atoms with Gasteiger partial charge < -0.3 is 9.67 Å². The van der Waals surface area contributed by atoms with Gasteiger partial charge in [0.15, 0.2) is 0 Å². The molecule has 2 aromatic carbocycles. The monoisotopic (exact) mass is 350 g/mol. The standard InChI is InChI=1S/C20H22N4O2/c1-5-24-14(4)21-17-11-15(7-8-18(17)24)20(26)23-22-13(3)16-10-12(2)6-9-19(16)25/h6-11,25H,5H2,1-4H3,(H,23,26). The maximum atomic E-state index is 12.4. The summed E-state index contributed by atoms with van der Waals surface area (Å²) in [5.41, 5.74) is 6.96. The zero-order valence-electron chi connectivity index (χ0n) is 15.4. The second-order valence-electron chi connectivity index (χ2n) is 6.27. The topological polar surface area (TPSA) is 79.5 Å². The van der Waals surface area contributed by atoms with Gasteiger partial charge in [-0.25, -0.2) is 10.4 Å². The average molecular weight is 350 g/mol. The lowest BCUT2D eigenvalue weighted by Crippen LogP contribution is -2.19. The van der Waals surface area contributed by atoms with E-state index in [0.29, 0.717) is 16.8 Å². The Morgan fingerprint density at radius 1 is 1.23 bits per heavy atom. The minimum Gasteiger partial charge on any atom is -0.507 e. The van der Waals surface area contributed by atoms with Crippen molar-refractivity contribution < 1.29 is 9.90 Å². The number of nitrogens with zero attached hydrogens (tertiary/aromatic N) is 3. The van der Waals surface area contributed by atoms with Crippen molar-refractivity contribution in [2.45, 2.75) is 34.2 Å². The molecule has 3 aromatic rings. The number of aromatic nitrogens is 2. The molecule has 0 unspecified atom stereocenters. The number of fused-ring (bicyclic) bond motifs is 1. The molecular weight excluding hydrogens is 328 g/mol. The molecule has 2 N–H and O–H groups in total. The number of carbonyl (C=O) groups is 1. The van der Waals surface area contributed by atoms with Crippen molar-refractivity contribution >= 4 is 22.7 Å². The Morgan fingerprint density at radius 3 is 2.73 bits per heavy atom. The first-order chi connectivity index (χ1) is 12.4. The van der Waals surface area contributed by atoms with Gasteiger partial charge in [0.25, 0.3) is 5.91 Å². The zero-order chi connectivity index (χ0) is 18.8. The molecule has 0 aliphatic heterocycles. The number of phenols is 1. The highest BCUT2D eigenvalue weighted by Crippen LogP contribution is 2.19. The van der Waals surface area contributed by atoms with Crippen LogP contribution in [0.3, 0.4) is 0 Å². The van der Waals surface area contributed by atoms with Crippen molar-refractivity contribution in [3.8, 4) is 5.75 Å². The third kappa shape index (κ3) is 3.31. The normalized spacial score (nSPS) is 11.8. The lowest BCUT2D eigenvalue weighted by molar-refractivity contribution is 0.0955. The number of nitrogens with one attached hydrogen (secondary N) is 1. The molecule has 0 bridgehead atoms. The summed E-state index contributed by atoms with van der Waals surface area (Å²) in [6.07, 6.45) is 0. The molecule has 0 saturated carbocycles. The molecule has 0 saturated heterocycles. The van der Waals surface area contributed by atoms with Crippen LogP contribution in [0.5, 0.6) is 5.75 Å². The van der Waals surface area contributed by atoms with Crippen molar-refractivity contribution in [1.82, 2.24) is 15.0 Å². The molecular formula is C20H22N4O2. The lowest BCUT2D eigenvalue weighted by atomic mass is 10.1. The number of benzene rings is 2. The van der Waals surface area contributed by atoms with Crippen molar-refractivity contribution in [2.75, 3.05) is 0 Å². The number of hydrogen-bond acceptors (Lipinski definition) is 4. The van der Waals surface area contributed by atoms with Crippen LogP contribution in [0.25, 0.3) is 11.0 Å². The van der Waals surface area contributed by atoms with Crippen molar-refractivity contribution in [3.05, 3.63) is 58.9 Å². The number of amides is 1. The first kappa shape index (κ1) is 17.7. The van der Waals surface area contributed by atoms with Crippen LogP contribution >= 0.6 is 0 Å². The van der Waals surface area contributed by atoms with E-state index in [2.05, 4.69) is 27.0 Å². The molecule has 1 amide bonds. The van der Waals surface area contributed by atoms with Gasteiger partial charge in [-0.3, -0.25) is 4.79 Å². The van der Waals surface area contributed by atoms with Gasteiger partial charge in [0.1, 0.15) is 11.6 Å². The molecule has 26 heavy (non-hydrogen) atoms. The van der Waals surface area contributed by atoms with E-state index in [1.165, 1.54) is 0 Å². The van der Waals surface area contributed by atoms with Crippen LogP contribution in [0.15, 0.2) is 41.5 Å². The molecule has 6 nitrogen and oxygen atoms in total. The Morgan fingerprint density at radius 2 is 2.00 bits per heavy atom. The van der Waals surface area contributed by atoms with Crippen molar-refractivity contribution in [3.63, 3.8) is 0 Å². The third-order valence-corrected chi connectivity index (χ3v) is 4.38. The van der Waals surface area contributed by atoms with Crippen LogP contribution < -0.4 is 5.43 Å². The maximum Gasteiger partial charge on any atom is 0.271 e. The summed E-state index contributed by atoms with van der Waals surface area (Å²) >= 11 is 0. The average Bonchev–Trinajstić information content (AvgIpc) is 2.95. The Hall–Kier alpha value is -3.15. The second-order valence-corrected chi connectivity index (χ2v) is 6.27. The zero-order valence-corrected chi connectivity index (χ0v) is 15.4. The molecule has 6 heteroatoms. The van der Waals surface area contributed by atoms with Crippen LogP contribution in [0.2, 0.25) is 0 Å². The van der Waals surface area contributed by atoms with Crippen LogP contribution in [0.4, 0.5) is 0 Å². The van der Waals surface area contributed by atoms with Gasteiger partial charge in [-0.15, -0.1) is 0 Å². The molecule has 0 atom stereocenters. The largest absolute Gasteiger partial charge is 0.507 e. The highest BCUT2D eigenvalue weighted by Gasteiger charge is 2.11. The number of aromatic hydroxyl groups is 1. The van der Waals surface area contributed by atoms with Crippen molar-refractivity contribution in [2.24, 2.45) is 5.10 Å². The first-order valence-corrected chi connectivity index (χ1v) is 8.52. The SMILES string of the molecule is CCn1c(C)nc2cc(C(=O)NN=C(C)c3cc(C)ccc3O)ccc21. The lowest BCUT2D eigenvalue weighted by Gasteiger charge is -2.06. The highest BCUT2D eigenvalue weighted by molar-refractivity contribution is 6.03. The summed E-state index contributed by atoms with van der Waals surface area (Å²) in [4.78, 5) is 16.9. The molecule has 0 spiro atoms. The quantitative estimate of drug-likeness (QED) is 0.558. The number of rotatable bonds is 4. The molecule has 0 fully saturated rings. The molecule has 0 radical (unpaired) electrons. The minimum absolute atomic E-state index is 0.132. The van der Waals surface area contributed by atoms with E-state index in [9.17, 15) is 9.90 Å². The summed E-state index contributed by atoms with van der Waals surface area (Å²) in [5, 5.41) is 14.1. The van der Waals surface area contributed by atoms with E-state index >= 15 is 0 Å². The summed E-state index contributed by atoms with van der Waals surface area (Å²) in [6, 6.07) is 10.7. The fraction of sp³-hybridized carbons (Fsp3) is 0.250. The summed E-state index contributed by atoms with van der Waals surface area (Å²) < 4.78 is 2.10. The van der Waals surface area contributed by atoms with E-state index in [1.807, 2.05) is 32.0 Å². The summed E-state index contributed by atoms with van der Waals surface area (Å²) in [7, 11) is 0. The summed E-state index contributed by atoms with van der Waals surface area (Å²) in [5.74, 6) is 0.735. The van der Waals surface area contributed by atoms with E-state index in [1.54, 1.807) is 25.1 Å². The molecule has 3 rings (SSSR count). The maximum absolute atomic E-state index is 12.4. The van der Waals surface area contributed by atoms with Gasteiger partial charge in [0.05, 0.1) is 16.7 Å². The van der Waals surface area contributed by atoms with E-state index in [-0.39, 0.29) is 11.7 Å². The van der Waals surface area contributed by atoms with Gasteiger partial charge in [0.2, 0.25) is 0 Å². The molecule has 1 aromatic heterocycles. The predicted molar refractivity (Wildman–Crippen MR) is 103 cm³/mol. The fourth-order valence-corrected chi connectivity index (χ4v) is 2.99. The third-order valence-electron chi connectivity index (χ3n) is 4.38. The van der Waals surface area contributed by atoms with Gasteiger partial charge in [0, 0.05) is 17.7 Å². The van der Waals surface area contributed by atoms with Gasteiger partial charge in [-0.1, -0.05) is 11.6 Å². The van der Waals surface area contributed by atoms with Crippen LogP contribution in [0.1, 0.15) is 41.2 Å². The van der Waals surface area contributed by atoms with Crippen LogP contribution in [-0.2, 0) is 6.54 Å². The Kier molecular flexibility index (Phi) is 4.75. The number of imidazole rings is 1. The first-order valence-electron chi connectivity index (χ1n) is 8.52. The number of hydrogen-bond donors (Lipinski definition) is 2. The Labute approximate surface area is 152 Å². The smallest absolute Gasteiger partial charge is 0.271 e. The number of phenolic OH excluding ortho intramolecular Hbond substituents is 1. The van der Waals surface area contributed by atoms with E-state index in [0.717, 1.165) is 29.0 Å². The molecule has 1 heterocycles. The van der Waals surface area contributed by atoms with Gasteiger partial charge in [-0.2, -0.15) is 5.10 Å². The molecule has 0 aliphatic rings. The molecule has 134 valence electrons. The second kappa shape index (κ2) is 7.00. The fourth-order valence-electron chi connectivity index (χ4n) is 2.99. The predicted octanol–water partition coefficient (Wildman–Crippen LogP) is 3.53. The van der Waals surface area contributed by atoms with Gasteiger partial charge in [-0.05, 0) is 58.0 Å². The van der Waals surface area contributed by atoms with Crippen LogP contribution in [-0.4, -0.2) is 26.3 Å². The minimum atomic E-state index is -0.318. The summed E-state index contributed by atoms with van der Waals surface area (Å²) in [6.45, 7) is 8.52. The Balaban J connectivity index is 1.83. The number of hydrazone groups is 1. The van der Waals surface area contributed by atoms with Crippen LogP contribution in [0, 0.1) is 13.8 Å².